The Hall–Kier alpha value is -3.07. The van der Waals surface area contributed by atoms with Crippen LogP contribution in [0.1, 0.15) is 49.4 Å². The molecule has 2 aromatic carbocycles. The molecule has 0 aromatic heterocycles. The highest BCUT2D eigenvalue weighted by molar-refractivity contribution is 5.80. The Kier molecular flexibility index (Phi) is 7.07. The number of hydrogen-bond donors (Lipinski definition) is 2. The molecule has 0 spiro atoms. The molecule has 0 aliphatic carbocycles. The molecule has 0 saturated carbocycles. The fourth-order valence-electron chi connectivity index (χ4n) is 3.48. The summed E-state index contributed by atoms with van der Waals surface area (Å²) < 4.78 is 14.1. The first-order valence-electron chi connectivity index (χ1n) is 10.2. The van der Waals surface area contributed by atoms with Crippen molar-refractivity contribution in [2.45, 2.75) is 39.3 Å². The van der Waals surface area contributed by atoms with E-state index in [2.05, 4.69) is 51.7 Å². The van der Waals surface area contributed by atoms with E-state index in [1.54, 1.807) is 12.1 Å². The molecule has 1 heterocycles. The fraction of sp³-hybridized carbons (Fsp3) is 0.391. The van der Waals surface area contributed by atoms with Crippen LogP contribution in [0.15, 0.2) is 47.5 Å². The van der Waals surface area contributed by atoms with Crippen molar-refractivity contribution < 1.29 is 4.39 Å². The average molecular weight is 394 g/mol. The van der Waals surface area contributed by atoms with Crippen LogP contribution in [0.3, 0.4) is 0 Å². The first-order chi connectivity index (χ1) is 14.1. The highest BCUT2D eigenvalue weighted by Crippen LogP contribution is 2.24. The van der Waals surface area contributed by atoms with E-state index < -0.39 is 5.82 Å². The number of nitrogens with zero attached hydrogens (tertiary/aromatic N) is 3. The van der Waals surface area contributed by atoms with E-state index >= 15 is 0 Å². The van der Waals surface area contributed by atoms with Crippen LogP contribution in [0.5, 0.6) is 0 Å². The molecule has 1 fully saturated rings. The zero-order valence-corrected chi connectivity index (χ0v) is 17.1. The van der Waals surface area contributed by atoms with Crippen molar-refractivity contribution >= 4 is 11.6 Å². The lowest BCUT2D eigenvalue weighted by molar-refractivity contribution is 0.609. The Morgan fingerprint density at radius 2 is 2.03 bits per heavy atom. The number of nitrogens with one attached hydrogen (secondary N) is 2. The molecule has 1 atom stereocenters. The van der Waals surface area contributed by atoms with Crippen LogP contribution in [0.4, 0.5) is 10.1 Å². The second-order valence-corrected chi connectivity index (χ2v) is 7.27. The molecular weight excluding hydrogens is 365 g/mol. The number of anilines is 1. The molecule has 29 heavy (non-hydrogen) atoms. The van der Waals surface area contributed by atoms with Gasteiger partial charge in [0, 0.05) is 30.9 Å². The van der Waals surface area contributed by atoms with Gasteiger partial charge in [-0.1, -0.05) is 18.2 Å². The number of guanidine groups is 1. The van der Waals surface area contributed by atoms with E-state index in [4.69, 9.17) is 5.26 Å². The standard InChI is InChI=1S/C23H28FN5/c1-3-26-23(27-16-20-10-9-18(15-25)13-22(20)24)28-17(2)19-7-6-8-21(14-19)29-11-4-5-12-29/h6-10,13-14,17H,3-5,11-12,16H2,1-2H3,(H2,26,27,28). The molecule has 5 nitrogen and oxygen atoms in total. The largest absolute Gasteiger partial charge is 0.372 e. The maximum atomic E-state index is 14.1. The number of aliphatic imine (C=N–C) groups is 1. The van der Waals surface area contributed by atoms with Crippen molar-refractivity contribution in [1.82, 2.24) is 10.6 Å². The van der Waals surface area contributed by atoms with Crippen LogP contribution in [0.2, 0.25) is 0 Å². The minimum atomic E-state index is -0.407. The topological polar surface area (TPSA) is 63.5 Å². The van der Waals surface area contributed by atoms with E-state index in [1.807, 2.05) is 13.0 Å². The predicted molar refractivity (Wildman–Crippen MR) is 115 cm³/mol. The van der Waals surface area contributed by atoms with Crippen molar-refractivity contribution in [2.24, 2.45) is 4.99 Å². The number of hydrogen-bond acceptors (Lipinski definition) is 3. The van der Waals surface area contributed by atoms with E-state index in [-0.39, 0.29) is 12.6 Å². The third-order valence-electron chi connectivity index (χ3n) is 5.13. The van der Waals surface area contributed by atoms with Crippen LogP contribution >= 0.6 is 0 Å². The summed E-state index contributed by atoms with van der Waals surface area (Å²) in [7, 11) is 0. The summed E-state index contributed by atoms with van der Waals surface area (Å²) in [5, 5.41) is 15.5. The lowest BCUT2D eigenvalue weighted by Crippen LogP contribution is -2.38. The van der Waals surface area contributed by atoms with Gasteiger partial charge in [0.05, 0.1) is 24.2 Å². The fourth-order valence-corrected chi connectivity index (χ4v) is 3.48. The highest BCUT2D eigenvalue weighted by atomic mass is 19.1. The number of benzene rings is 2. The van der Waals surface area contributed by atoms with Crippen LogP contribution in [0, 0.1) is 17.1 Å². The van der Waals surface area contributed by atoms with E-state index in [9.17, 15) is 4.39 Å². The summed E-state index contributed by atoms with van der Waals surface area (Å²) in [6, 6.07) is 15.1. The zero-order chi connectivity index (χ0) is 20.6. The summed E-state index contributed by atoms with van der Waals surface area (Å²) in [5.74, 6) is 0.227. The number of nitriles is 1. The molecule has 2 aromatic rings. The van der Waals surface area contributed by atoms with Gasteiger partial charge in [-0.15, -0.1) is 0 Å². The van der Waals surface area contributed by atoms with Crippen LogP contribution in [-0.4, -0.2) is 25.6 Å². The van der Waals surface area contributed by atoms with Gasteiger partial charge in [0.15, 0.2) is 5.96 Å². The molecule has 0 amide bonds. The molecule has 1 unspecified atom stereocenters. The Morgan fingerprint density at radius 1 is 1.24 bits per heavy atom. The Balaban J connectivity index is 1.70. The minimum Gasteiger partial charge on any atom is -0.372 e. The molecule has 3 rings (SSSR count). The normalized spacial score (nSPS) is 15.1. The first-order valence-corrected chi connectivity index (χ1v) is 10.2. The maximum absolute atomic E-state index is 14.1. The molecule has 2 N–H and O–H groups in total. The van der Waals surface area contributed by atoms with Crippen LogP contribution < -0.4 is 15.5 Å². The molecule has 0 bridgehead atoms. The van der Waals surface area contributed by atoms with Gasteiger partial charge >= 0.3 is 0 Å². The van der Waals surface area contributed by atoms with Crippen molar-refractivity contribution in [2.75, 3.05) is 24.5 Å². The number of halogens is 1. The third kappa shape index (κ3) is 5.47. The summed E-state index contributed by atoms with van der Waals surface area (Å²) in [5.41, 5.74) is 3.22. The minimum absolute atomic E-state index is 0.0566. The van der Waals surface area contributed by atoms with Gasteiger partial charge in [0.25, 0.3) is 0 Å². The monoisotopic (exact) mass is 393 g/mol. The van der Waals surface area contributed by atoms with Gasteiger partial charge in [0.1, 0.15) is 5.82 Å². The quantitative estimate of drug-likeness (QED) is 0.573. The van der Waals surface area contributed by atoms with Gasteiger partial charge in [-0.25, -0.2) is 9.38 Å². The Bertz CT molecular complexity index is 896. The van der Waals surface area contributed by atoms with Gasteiger partial charge in [-0.05, 0) is 56.5 Å². The van der Waals surface area contributed by atoms with Crippen molar-refractivity contribution in [3.05, 3.63) is 65.0 Å². The summed E-state index contributed by atoms with van der Waals surface area (Å²) >= 11 is 0. The van der Waals surface area contributed by atoms with Crippen LogP contribution in [0.25, 0.3) is 0 Å². The van der Waals surface area contributed by atoms with E-state index in [0.717, 1.165) is 13.1 Å². The average Bonchev–Trinajstić information content (AvgIpc) is 3.28. The highest BCUT2D eigenvalue weighted by Gasteiger charge is 2.14. The second kappa shape index (κ2) is 9.92. The molecule has 1 aliphatic rings. The third-order valence-corrected chi connectivity index (χ3v) is 5.13. The molecule has 0 radical (unpaired) electrons. The SMILES string of the molecule is CCNC(=NCc1ccc(C#N)cc1F)NC(C)c1cccc(N2CCCC2)c1. The Morgan fingerprint density at radius 3 is 2.72 bits per heavy atom. The first kappa shape index (κ1) is 20.7. The van der Waals surface area contributed by atoms with E-state index in [1.165, 1.54) is 30.2 Å². The molecule has 152 valence electrons. The molecular formula is C23H28FN5. The smallest absolute Gasteiger partial charge is 0.192 e. The van der Waals surface area contributed by atoms with Crippen LogP contribution in [-0.2, 0) is 6.54 Å². The maximum Gasteiger partial charge on any atom is 0.192 e. The van der Waals surface area contributed by atoms with Gasteiger partial charge in [0.2, 0.25) is 0 Å². The number of rotatable bonds is 6. The van der Waals surface area contributed by atoms with Crippen molar-refractivity contribution in [3.8, 4) is 6.07 Å². The van der Waals surface area contributed by atoms with E-state index in [0.29, 0.717) is 23.6 Å². The Labute approximate surface area is 172 Å². The van der Waals surface area contributed by atoms with Gasteiger partial charge in [-0.2, -0.15) is 5.26 Å². The summed E-state index contributed by atoms with van der Waals surface area (Å²) in [4.78, 5) is 6.95. The summed E-state index contributed by atoms with van der Waals surface area (Å²) in [6.07, 6.45) is 2.50. The summed E-state index contributed by atoms with van der Waals surface area (Å²) in [6.45, 7) is 7.24. The zero-order valence-electron chi connectivity index (χ0n) is 17.1. The lowest BCUT2D eigenvalue weighted by Gasteiger charge is -2.22. The second-order valence-electron chi connectivity index (χ2n) is 7.27. The van der Waals surface area contributed by atoms with Gasteiger partial charge in [-0.3, -0.25) is 0 Å². The molecule has 1 aliphatic heterocycles. The predicted octanol–water partition coefficient (Wildman–Crippen LogP) is 4.11. The van der Waals surface area contributed by atoms with Crippen molar-refractivity contribution in [3.63, 3.8) is 0 Å². The van der Waals surface area contributed by atoms with Crippen molar-refractivity contribution in [1.29, 1.82) is 5.26 Å². The van der Waals surface area contributed by atoms with Gasteiger partial charge < -0.3 is 15.5 Å². The molecule has 1 saturated heterocycles. The molecule has 6 heteroatoms. The lowest BCUT2D eigenvalue weighted by atomic mass is 10.1.